The average Bonchev–Trinajstić information content (AvgIpc) is 3.12. The van der Waals surface area contributed by atoms with E-state index in [0.717, 1.165) is 30.8 Å². The predicted molar refractivity (Wildman–Crippen MR) is 97.7 cm³/mol. The summed E-state index contributed by atoms with van der Waals surface area (Å²) in [6.07, 6.45) is 1.01. The van der Waals surface area contributed by atoms with Crippen molar-refractivity contribution in [3.63, 3.8) is 0 Å². The van der Waals surface area contributed by atoms with Gasteiger partial charge in [0.15, 0.2) is 5.69 Å². The molecule has 1 N–H and O–H groups in total. The minimum absolute atomic E-state index is 0.0157. The first kappa shape index (κ1) is 17.7. The highest BCUT2D eigenvalue weighted by molar-refractivity contribution is 5.92. The van der Waals surface area contributed by atoms with Gasteiger partial charge in [-0.1, -0.05) is 57.1 Å². The van der Waals surface area contributed by atoms with Crippen molar-refractivity contribution in [1.82, 2.24) is 15.4 Å². The van der Waals surface area contributed by atoms with Gasteiger partial charge in [-0.15, -0.1) is 0 Å². The summed E-state index contributed by atoms with van der Waals surface area (Å²) in [4.78, 5) is 14.9. The summed E-state index contributed by atoms with van der Waals surface area (Å²) in [5.41, 5.74) is 2.68. The standard InChI is InChI=1S/C20H27N3O2/c1-5-14-6-8-15(9-7-14)17-13-21-10-11-23(17)19(24)16-12-18(25-22-16)20(2,3)4/h6-9,12,17,21H,5,10-11,13H2,1-4H3. The number of nitrogens with one attached hydrogen (secondary N) is 1. The number of aromatic nitrogens is 1. The van der Waals surface area contributed by atoms with E-state index in [4.69, 9.17) is 4.52 Å². The van der Waals surface area contributed by atoms with E-state index in [9.17, 15) is 4.79 Å². The Balaban J connectivity index is 1.84. The van der Waals surface area contributed by atoms with Gasteiger partial charge in [-0.3, -0.25) is 4.79 Å². The molecule has 2 heterocycles. The SMILES string of the molecule is CCc1ccc(C2CNCCN2C(=O)c2cc(C(C)(C)C)on2)cc1. The van der Waals surface area contributed by atoms with Gasteiger partial charge >= 0.3 is 0 Å². The first-order valence-electron chi connectivity index (χ1n) is 8.98. The van der Waals surface area contributed by atoms with Gasteiger partial charge in [0.25, 0.3) is 5.91 Å². The minimum atomic E-state index is -0.162. The maximum Gasteiger partial charge on any atom is 0.276 e. The van der Waals surface area contributed by atoms with Crippen LogP contribution in [-0.4, -0.2) is 35.6 Å². The molecule has 0 bridgehead atoms. The Morgan fingerprint density at radius 2 is 2.04 bits per heavy atom. The molecule has 5 heteroatoms. The molecule has 2 aromatic rings. The Kier molecular flexibility index (Phi) is 4.95. The molecule has 3 rings (SSSR count). The number of piperazine rings is 1. The maximum absolute atomic E-state index is 13.0. The van der Waals surface area contributed by atoms with Crippen molar-refractivity contribution in [3.8, 4) is 0 Å². The molecule has 1 atom stereocenters. The van der Waals surface area contributed by atoms with Crippen LogP contribution in [0.15, 0.2) is 34.9 Å². The van der Waals surface area contributed by atoms with Crippen molar-refractivity contribution in [2.24, 2.45) is 0 Å². The zero-order valence-corrected chi connectivity index (χ0v) is 15.5. The van der Waals surface area contributed by atoms with Crippen molar-refractivity contribution in [2.45, 2.75) is 45.6 Å². The molecule has 1 aliphatic rings. The lowest BCUT2D eigenvalue weighted by atomic mass is 9.93. The smallest absolute Gasteiger partial charge is 0.276 e. The Bertz CT molecular complexity index is 728. The molecule has 25 heavy (non-hydrogen) atoms. The molecule has 0 saturated carbocycles. The van der Waals surface area contributed by atoms with Crippen LogP contribution in [0.4, 0.5) is 0 Å². The Hall–Kier alpha value is -2.14. The number of carbonyl (C=O) groups is 1. The largest absolute Gasteiger partial charge is 0.360 e. The van der Waals surface area contributed by atoms with Crippen LogP contribution >= 0.6 is 0 Å². The second kappa shape index (κ2) is 7.00. The molecule has 134 valence electrons. The van der Waals surface area contributed by atoms with E-state index < -0.39 is 0 Å². The Morgan fingerprint density at radius 1 is 1.32 bits per heavy atom. The van der Waals surface area contributed by atoms with E-state index in [1.165, 1.54) is 5.56 Å². The van der Waals surface area contributed by atoms with Crippen molar-refractivity contribution in [2.75, 3.05) is 19.6 Å². The molecule has 1 fully saturated rings. The molecule has 1 aromatic carbocycles. The van der Waals surface area contributed by atoms with Crippen LogP contribution in [0.2, 0.25) is 0 Å². The molecule has 0 radical (unpaired) electrons. The van der Waals surface area contributed by atoms with Gasteiger partial charge in [-0.2, -0.15) is 0 Å². The quantitative estimate of drug-likeness (QED) is 0.930. The van der Waals surface area contributed by atoms with Crippen LogP contribution in [0, 0.1) is 0 Å². The van der Waals surface area contributed by atoms with Gasteiger partial charge in [0.1, 0.15) is 5.76 Å². The number of hydrogen-bond donors (Lipinski definition) is 1. The summed E-state index contributed by atoms with van der Waals surface area (Å²) in [5, 5.41) is 7.42. The fourth-order valence-electron chi connectivity index (χ4n) is 3.10. The third-order valence-corrected chi connectivity index (χ3v) is 4.75. The summed E-state index contributed by atoms with van der Waals surface area (Å²) < 4.78 is 5.40. The normalized spacial score (nSPS) is 18.4. The lowest BCUT2D eigenvalue weighted by Gasteiger charge is -2.36. The van der Waals surface area contributed by atoms with Gasteiger partial charge in [0.2, 0.25) is 0 Å². The lowest BCUT2D eigenvalue weighted by Crippen LogP contribution is -2.48. The number of rotatable bonds is 3. The lowest BCUT2D eigenvalue weighted by molar-refractivity contribution is 0.0623. The number of carbonyl (C=O) groups excluding carboxylic acids is 1. The molecule has 1 amide bonds. The molecule has 1 aromatic heterocycles. The Labute approximate surface area is 149 Å². The molecular weight excluding hydrogens is 314 g/mol. The first-order valence-corrected chi connectivity index (χ1v) is 8.98. The molecule has 1 saturated heterocycles. The van der Waals surface area contributed by atoms with Crippen LogP contribution in [0.1, 0.15) is 61.1 Å². The highest BCUT2D eigenvalue weighted by Gasteiger charge is 2.31. The van der Waals surface area contributed by atoms with E-state index in [-0.39, 0.29) is 17.4 Å². The second-order valence-electron chi connectivity index (χ2n) is 7.64. The van der Waals surface area contributed by atoms with E-state index >= 15 is 0 Å². The monoisotopic (exact) mass is 341 g/mol. The summed E-state index contributed by atoms with van der Waals surface area (Å²) in [7, 11) is 0. The minimum Gasteiger partial charge on any atom is -0.360 e. The molecule has 0 aliphatic carbocycles. The van der Waals surface area contributed by atoms with Gasteiger partial charge < -0.3 is 14.7 Å². The van der Waals surface area contributed by atoms with Gasteiger partial charge in [-0.25, -0.2) is 0 Å². The van der Waals surface area contributed by atoms with Crippen LogP contribution < -0.4 is 5.32 Å². The molecule has 0 spiro atoms. The van der Waals surface area contributed by atoms with Crippen LogP contribution in [-0.2, 0) is 11.8 Å². The molecule has 1 unspecified atom stereocenters. The second-order valence-corrected chi connectivity index (χ2v) is 7.64. The topological polar surface area (TPSA) is 58.4 Å². The maximum atomic E-state index is 13.0. The summed E-state index contributed by atoms with van der Waals surface area (Å²) >= 11 is 0. The highest BCUT2D eigenvalue weighted by Crippen LogP contribution is 2.27. The number of amides is 1. The zero-order valence-electron chi connectivity index (χ0n) is 15.5. The van der Waals surface area contributed by atoms with E-state index in [2.05, 4.69) is 41.7 Å². The molecule has 5 nitrogen and oxygen atoms in total. The number of nitrogens with zero attached hydrogens (tertiary/aromatic N) is 2. The molecule has 1 aliphatic heterocycles. The number of benzene rings is 1. The predicted octanol–water partition coefficient (Wildman–Crippen LogP) is 3.32. The van der Waals surface area contributed by atoms with E-state index in [1.807, 2.05) is 25.7 Å². The van der Waals surface area contributed by atoms with E-state index in [0.29, 0.717) is 12.2 Å². The fourth-order valence-corrected chi connectivity index (χ4v) is 3.10. The van der Waals surface area contributed by atoms with Crippen LogP contribution in [0.3, 0.4) is 0 Å². The third-order valence-electron chi connectivity index (χ3n) is 4.75. The zero-order chi connectivity index (χ0) is 18.0. The third kappa shape index (κ3) is 3.76. The fraction of sp³-hybridized carbons (Fsp3) is 0.500. The van der Waals surface area contributed by atoms with Crippen LogP contribution in [0.5, 0.6) is 0 Å². The average molecular weight is 341 g/mol. The van der Waals surface area contributed by atoms with Crippen molar-refractivity contribution < 1.29 is 9.32 Å². The Morgan fingerprint density at radius 3 is 2.64 bits per heavy atom. The van der Waals surface area contributed by atoms with Crippen molar-refractivity contribution in [1.29, 1.82) is 0 Å². The summed E-state index contributed by atoms with van der Waals surface area (Å²) in [5.74, 6) is 0.667. The number of aryl methyl sites for hydroxylation is 1. The van der Waals surface area contributed by atoms with Gasteiger partial charge in [0.05, 0.1) is 6.04 Å². The van der Waals surface area contributed by atoms with Gasteiger partial charge in [-0.05, 0) is 17.5 Å². The molecular formula is C20H27N3O2. The van der Waals surface area contributed by atoms with E-state index in [1.54, 1.807) is 6.07 Å². The summed E-state index contributed by atoms with van der Waals surface area (Å²) in [6.45, 7) is 10.5. The van der Waals surface area contributed by atoms with Gasteiger partial charge in [0, 0.05) is 31.1 Å². The summed E-state index contributed by atoms with van der Waals surface area (Å²) in [6, 6.07) is 10.3. The van der Waals surface area contributed by atoms with Crippen LogP contribution in [0.25, 0.3) is 0 Å². The van der Waals surface area contributed by atoms with Crippen molar-refractivity contribution >= 4 is 5.91 Å². The van der Waals surface area contributed by atoms with Crippen molar-refractivity contribution in [3.05, 3.63) is 52.9 Å². The first-order chi connectivity index (χ1) is 11.9. The number of hydrogen-bond acceptors (Lipinski definition) is 4. The highest BCUT2D eigenvalue weighted by atomic mass is 16.5.